The monoisotopic (exact) mass is 359 g/mol. The highest BCUT2D eigenvalue weighted by molar-refractivity contribution is 9.11. The largest absolute Gasteiger partial charge is 0.466 e. The van der Waals surface area contributed by atoms with Crippen molar-refractivity contribution in [2.75, 3.05) is 6.61 Å². The molecule has 100 valence electrons. The number of benzene rings is 1. The molecule has 0 saturated heterocycles. The van der Waals surface area contributed by atoms with E-state index in [1.54, 1.807) is 6.92 Å². The summed E-state index contributed by atoms with van der Waals surface area (Å²) in [5.74, 6) is -0.272. The molecule has 1 aromatic carbocycles. The molecule has 19 heavy (non-hydrogen) atoms. The molecule has 3 nitrogen and oxygen atoms in total. The van der Waals surface area contributed by atoms with E-state index in [0.29, 0.717) is 17.3 Å². The van der Waals surface area contributed by atoms with Crippen molar-refractivity contribution in [1.29, 1.82) is 0 Å². The molecule has 0 fully saturated rings. The third-order valence-corrected chi connectivity index (χ3v) is 4.45. The van der Waals surface area contributed by atoms with Crippen LogP contribution in [0.15, 0.2) is 28.1 Å². The molecule has 0 unspecified atom stereocenters. The predicted octanol–water partition coefficient (Wildman–Crippen LogP) is 4.33. The second-order valence-electron chi connectivity index (χ2n) is 3.73. The number of carbonyl (C=O) groups is 1. The van der Waals surface area contributed by atoms with E-state index in [0.717, 1.165) is 14.4 Å². The van der Waals surface area contributed by atoms with Crippen LogP contribution in [-0.2, 0) is 16.0 Å². The SMILES string of the molecule is CCOC(=O)Cc1nc(-c2cccc(Cl)c2)sc1Br. The molecule has 2 aromatic rings. The molecule has 6 heteroatoms. The van der Waals surface area contributed by atoms with Gasteiger partial charge in [-0.05, 0) is 35.0 Å². The van der Waals surface area contributed by atoms with E-state index in [4.69, 9.17) is 16.3 Å². The van der Waals surface area contributed by atoms with Gasteiger partial charge in [0.05, 0.1) is 22.5 Å². The van der Waals surface area contributed by atoms with Crippen LogP contribution in [-0.4, -0.2) is 17.6 Å². The molecule has 0 saturated carbocycles. The average molecular weight is 361 g/mol. The van der Waals surface area contributed by atoms with Crippen LogP contribution in [0, 0.1) is 0 Å². The molecule has 0 aliphatic heterocycles. The number of aromatic nitrogens is 1. The number of thiazole rings is 1. The molecule has 2 rings (SSSR count). The molecule has 0 spiro atoms. The van der Waals surface area contributed by atoms with Gasteiger partial charge in [-0.1, -0.05) is 23.7 Å². The van der Waals surface area contributed by atoms with Crippen LogP contribution in [0.3, 0.4) is 0 Å². The minimum atomic E-state index is -0.272. The summed E-state index contributed by atoms with van der Waals surface area (Å²) in [6.07, 6.45) is 0.172. The minimum Gasteiger partial charge on any atom is -0.466 e. The van der Waals surface area contributed by atoms with Gasteiger partial charge < -0.3 is 4.74 Å². The zero-order valence-corrected chi connectivity index (χ0v) is 13.3. The molecule has 1 aromatic heterocycles. The molecule has 1 heterocycles. The van der Waals surface area contributed by atoms with Crippen molar-refractivity contribution in [3.05, 3.63) is 38.8 Å². The van der Waals surface area contributed by atoms with Gasteiger partial charge in [0, 0.05) is 10.6 Å². The topological polar surface area (TPSA) is 39.2 Å². The van der Waals surface area contributed by atoms with E-state index in [2.05, 4.69) is 20.9 Å². The number of rotatable bonds is 4. The number of carbonyl (C=O) groups excluding carboxylic acids is 1. The molecule has 0 bridgehead atoms. The number of ether oxygens (including phenoxy) is 1. The van der Waals surface area contributed by atoms with Gasteiger partial charge in [-0.3, -0.25) is 4.79 Å². The summed E-state index contributed by atoms with van der Waals surface area (Å²) in [6.45, 7) is 2.16. The fraction of sp³-hybridized carbons (Fsp3) is 0.231. The van der Waals surface area contributed by atoms with Crippen molar-refractivity contribution in [2.24, 2.45) is 0 Å². The lowest BCUT2D eigenvalue weighted by molar-refractivity contribution is -0.142. The summed E-state index contributed by atoms with van der Waals surface area (Å²) in [5, 5.41) is 1.49. The lowest BCUT2D eigenvalue weighted by atomic mass is 10.2. The summed E-state index contributed by atoms with van der Waals surface area (Å²) in [4.78, 5) is 15.9. The number of nitrogens with zero attached hydrogens (tertiary/aromatic N) is 1. The zero-order chi connectivity index (χ0) is 13.8. The smallest absolute Gasteiger partial charge is 0.311 e. The van der Waals surface area contributed by atoms with Crippen LogP contribution < -0.4 is 0 Å². The van der Waals surface area contributed by atoms with E-state index in [1.165, 1.54) is 11.3 Å². The Morgan fingerprint density at radius 3 is 3.00 bits per heavy atom. The third kappa shape index (κ3) is 3.78. The van der Waals surface area contributed by atoms with Gasteiger partial charge >= 0.3 is 5.97 Å². The molecule has 0 aliphatic carbocycles. The highest BCUT2D eigenvalue weighted by atomic mass is 79.9. The van der Waals surface area contributed by atoms with Gasteiger partial charge in [-0.15, -0.1) is 11.3 Å². The van der Waals surface area contributed by atoms with E-state index in [-0.39, 0.29) is 12.4 Å². The highest BCUT2D eigenvalue weighted by Gasteiger charge is 2.14. The first-order valence-electron chi connectivity index (χ1n) is 5.67. The van der Waals surface area contributed by atoms with Gasteiger partial charge in [0.15, 0.2) is 0 Å². The Balaban J connectivity index is 2.23. The molecular formula is C13H11BrClNO2S. The zero-order valence-electron chi connectivity index (χ0n) is 10.2. The number of hydrogen-bond donors (Lipinski definition) is 0. The maximum atomic E-state index is 11.5. The van der Waals surface area contributed by atoms with Gasteiger partial charge in [-0.25, -0.2) is 4.98 Å². The number of hydrogen-bond acceptors (Lipinski definition) is 4. The van der Waals surface area contributed by atoms with Crippen molar-refractivity contribution in [3.8, 4) is 10.6 Å². The Kier molecular flexibility index (Phi) is 4.96. The molecule has 0 radical (unpaired) electrons. The summed E-state index contributed by atoms with van der Waals surface area (Å²) in [5.41, 5.74) is 1.63. The minimum absolute atomic E-state index is 0.172. The highest BCUT2D eigenvalue weighted by Crippen LogP contribution is 2.33. The Labute approximate surface area is 128 Å². The summed E-state index contributed by atoms with van der Waals surface area (Å²) in [7, 11) is 0. The van der Waals surface area contributed by atoms with Gasteiger partial charge in [0.1, 0.15) is 5.01 Å². The van der Waals surface area contributed by atoms with Crippen LogP contribution in [0.5, 0.6) is 0 Å². The van der Waals surface area contributed by atoms with Crippen LogP contribution in [0.1, 0.15) is 12.6 Å². The van der Waals surface area contributed by atoms with Crippen molar-refractivity contribution in [1.82, 2.24) is 4.98 Å². The van der Waals surface area contributed by atoms with Crippen molar-refractivity contribution in [3.63, 3.8) is 0 Å². The third-order valence-electron chi connectivity index (χ3n) is 2.34. The fourth-order valence-electron chi connectivity index (χ4n) is 1.54. The Bertz CT molecular complexity index is 600. The first kappa shape index (κ1) is 14.5. The van der Waals surface area contributed by atoms with Gasteiger partial charge in [0.2, 0.25) is 0 Å². The molecule has 0 N–H and O–H groups in total. The summed E-state index contributed by atoms with van der Waals surface area (Å²) < 4.78 is 5.76. The molecular weight excluding hydrogens is 350 g/mol. The van der Waals surface area contributed by atoms with Crippen LogP contribution in [0.4, 0.5) is 0 Å². The standard InChI is InChI=1S/C13H11BrClNO2S/c1-2-18-11(17)7-10-12(14)19-13(16-10)8-4-3-5-9(15)6-8/h3-6H,2,7H2,1H3. The molecule has 0 amide bonds. The fourth-order valence-corrected chi connectivity index (χ4v) is 3.22. The summed E-state index contributed by atoms with van der Waals surface area (Å²) in [6, 6.07) is 7.47. The van der Waals surface area contributed by atoms with E-state index >= 15 is 0 Å². The Morgan fingerprint density at radius 2 is 2.32 bits per heavy atom. The quantitative estimate of drug-likeness (QED) is 0.762. The lowest BCUT2D eigenvalue weighted by Crippen LogP contribution is -2.08. The molecule has 0 aliphatic rings. The van der Waals surface area contributed by atoms with Crippen molar-refractivity contribution in [2.45, 2.75) is 13.3 Å². The summed E-state index contributed by atoms with van der Waals surface area (Å²) >= 11 is 10.9. The van der Waals surface area contributed by atoms with Crippen LogP contribution >= 0.6 is 38.9 Å². The van der Waals surface area contributed by atoms with Crippen LogP contribution in [0.2, 0.25) is 5.02 Å². The Hall–Kier alpha value is -0.910. The van der Waals surface area contributed by atoms with Crippen molar-refractivity contribution >= 4 is 44.8 Å². The van der Waals surface area contributed by atoms with Gasteiger partial charge in [0.25, 0.3) is 0 Å². The van der Waals surface area contributed by atoms with E-state index in [1.807, 2.05) is 24.3 Å². The maximum Gasteiger partial charge on any atom is 0.311 e. The first-order chi connectivity index (χ1) is 9.10. The average Bonchev–Trinajstić information content (AvgIpc) is 2.71. The number of halogens is 2. The van der Waals surface area contributed by atoms with Gasteiger partial charge in [-0.2, -0.15) is 0 Å². The predicted molar refractivity (Wildman–Crippen MR) is 80.6 cm³/mol. The first-order valence-corrected chi connectivity index (χ1v) is 7.65. The number of esters is 1. The second kappa shape index (κ2) is 6.50. The van der Waals surface area contributed by atoms with Crippen LogP contribution in [0.25, 0.3) is 10.6 Å². The second-order valence-corrected chi connectivity index (χ2v) is 6.48. The molecule has 0 atom stereocenters. The van der Waals surface area contributed by atoms with E-state index in [9.17, 15) is 4.79 Å². The Morgan fingerprint density at radius 1 is 1.53 bits per heavy atom. The maximum absolute atomic E-state index is 11.5. The van der Waals surface area contributed by atoms with E-state index < -0.39 is 0 Å². The lowest BCUT2D eigenvalue weighted by Gasteiger charge is -1.99. The normalized spacial score (nSPS) is 10.5. The van der Waals surface area contributed by atoms with Crippen molar-refractivity contribution < 1.29 is 9.53 Å².